The molecule has 122 valence electrons. The van der Waals surface area contributed by atoms with Crippen LogP contribution in [0.2, 0.25) is 0 Å². The fourth-order valence-electron chi connectivity index (χ4n) is 4.23. The topological polar surface area (TPSA) is 76.4 Å². The maximum atomic E-state index is 12.2. The highest BCUT2D eigenvalue weighted by molar-refractivity contribution is 5.78. The Hall–Kier alpha value is -1.56. The summed E-state index contributed by atoms with van der Waals surface area (Å²) in [6.07, 6.45) is 3.48. The molecule has 1 amide bonds. The van der Waals surface area contributed by atoms with E-state index in [9.17, 15) is 9.90 Å². The number of amides is 1. The Morgan fingerprint density at radius 3 is 2.77 bits per heavy atom. The van der Waals surface area contributed by atoms with Crippen LogP contribution in [0.25, 0.3) is 0 Å². The van der Waals surface area contributed by atoms with E-state index in [0.717, 1.165) is 24.2 Å². The van der Waals surface area contributed by atoms with Crippen LogP contribution in [0.1, 0.15) is 30.7 Å². The van der Waals surface area contributed by atoms with Crippen LogP contribution in [0, 0.1) is 31.6 Å². The van der Waals surface area contributed by atoms with E-state index in [1.165, 1.54) is 6.42 Å². The number of nitrogens with zero attached hydrogens (tertiary/aromatic N) is 2. The van der Waals surface area contributed by atoms with E-state index < -0.39 is 0 Å². The summed E-state index contributed by atoms with van der Waals surface area (Å²) >= 11 is 0. The van der Waals surface area contributed by atoms with Crippen LogP contribution in [0.4, 0.5) is 0 Å². The molecular formula is C16H25N3O3. The third kappa shape index (κ3) is 2.60. The lowest BCUT2D eigenvalue weighted by Gasteiger charge is -2.30. The van der Waals surface area contributed by atoms with Crippen molar-refractivity contribution in [2.24, 2.45) is 24.8 Å². The summed E-state index contributed by atoms with van der Waals surface area (Å²) in [4.78, 5) is 12.2. The van der Waals surface area contributed by atoms with E-state index in [-0.39, 0.29) is 31.1 Å². The second-order valence-corrected chi connectivity index (χ2v) is 6.69. The number of aliphatic hydroxyl groups excluding tert-OH is 1. The van der Waals surface area contributed by atoms with Crippen LogP contribution in [-0.2, 0) is 11.8 Å². The van der Waals surface area contributed by atoms with Gasteiger partial charge in [-0.2, -0.15) is 5.10 Å². The van der Waals surface area contributed by atoms with Gasteiger partial charge < -0.3 is 15.2 Å². The fraction of sp³-hybridized carbons (Fsp3) is 0.750. The first-order valence-corrected chi connectivity index (χ1v) is 8.04. The van der Waals surface area contributed by atoms with Crippen molar-refractivity contribution in [2.75, 3.05) is 13.2 Å². The number of aliphatic hydroxyl groups is 1. The number of carbonyl (C=O) groups is 1. The van der Waals surface area contributed by atoms with Gasteiger partial charge in [-0.05, 0) is 44.9 Å². The lowest BCUT2D eigenvalue weighted by atomic mass is 9.85. The number of rotatable bonds is 5. The molecule has 1 aromatic rings. The van der Waals surface area contributed by atoms with Crippen molar-refractivity contribution < 1.29 is 14.6 Å². The van der Waals surface area contributed by atoms with Crippen LogP contribution in [-0.4, -0.2) is 40.0 Å². The zero-order valence-electron chi connectivity index (χ0n) is 13.5. The molecule has 0 radical (unpaired) electrons. The molecule has 0 aliphatic heterocycles. The van der Waals surface area contributed by atoms with Crippen molar-refractivity contribution in [2.45, 2.75) is 39.2 Å². The molecule has 0 saturated heterocycles. The molecule has 22 heavy (non-hydrogen) atoms. The molecule has 3 rings (SSSR count). The van der Waals surface area contributed by atoms with Gasteiger partial charge in [0, 0.05) is 25.6 Å². The standard InChI is InChI=1S/C16H25N3O3/c1-9-16(10(2)19(3)18-9)22-8-14(21)17-15-12-5-4-11(6-12)13(15)7-20/h11-13,15,20H,4-8H2,1-3H3,(H,17,21). The molecule has 2 aliphatic rings. The Morgan fingerprint density at radius 1 is 1.41 bits per heavy atom. The van der Waals surface area contributed by atoms with Gasteiger partial charge in [-0.25, -0.2) is 0 Å². The van der Waals surface area contributed by atoms with E-state index in [1.807, 2.05) is 20.9 Å². The highest BCUT2D eigenvalue weighted by atomic mass is 16.5. The predicted molar refractivity (Wildman–Crippen MR) is 81.5 cm³/mol. The van der Waals surface area contributed by atoms with Gasteiger partial charge in [-0.3, -0.25) is 9.48 Å². The first kappa shape index (κ1) is 15.3. The molecule has 2 N–H and O–H groups in total. The van der Waals surface area contributed by atoms with Crippen LogP contribution in [0.15, 0.2) is 0 Å². The smallest absolute Gasteiger partial charge is 0.258 e. The van der Waals surface area contributed by atoms with Crippen LogP contribution in [0.3, 0.4) is 0 Å². The minimum Gasteiger partial charge on any atom is -0.480 e. The summed E-state index contributed by atoms with van der Waals surface area (Å²) in [6.45, 7) is 3.95. The number of carbonyl (C=O) groups excluding carboxylic acids is 1. The maximum absolute atomic E-state index is 12.2. The van der Waals surface area contributed by atoms with E-state index in [2.05, 4.69) is 10.4 Å². The number of hydrogen-bond donors (Lipinski definition) is 2. The summed E-state index contributed by atoms with van der Waals surface area (Å²) in [6, 6.07) is 0.107. The molecule has 0 aromatic carbocycles. The molecule has 6 heteroatoms. The molecule has 1 aromatic heterocycles. The molecule has 2 saturated carbocycles. The Bertz CT molecular complexity index is 569. The summed E-state index contributed by atoms with van der Waals surface area (Å²) in [7, 11) is 1.86. The largest absolute Gasteiger partial charge is 0.480 e. The number of fused-ring (bicyclic) bond motifs is 2. The van der Waals surface area contributed by atoms with Crippen LogP contribution in [0.5, 0.6) is 5.75 Å². The van der Waals surface area contributed by atoms with Crippen molar-refractivity contribution >= 4 is 5.91 Å². The Labute approximate surface area is 130 Å². The zero-order chi connectivity index (χ0) is 15.9. The molecule has 2 fully saturated rings. The van der Waals surface area contributed by atoms with E-state index in [0.29, 0.717) is 17.6 Å². The van der Waals surface area contributed by atoms with Gasteiger partial charge in [-0.15, -0.1) is 0 Å². The number of nitrogens with one attached hydrogen (secondary N) is 1. The van der Waals surface area contributed by atoms with Crippen molar-refractivity contribution in [3.8, 4) is 5.75 Å². The van der Waals surface area contributed by atoms with Gasteiger partial charge in [0.2, 0.25) is 0 Å². The molecule has 1 heterocycles. The van der Waals surface area contributed by atoms with Crippen LogP contribution >= 0.6 is 0 Å². The van der Waals surface area contributed by atoms with Crippen molar-refractivity contribution in [1.29, 1.82) is 0 Å². The van der Waals surface area contributed by atoms with Crippen LogP contribution < -0.4 is 10.1 Å². The Morgan fingerprint density at radius 2 is 2.14 bits per heavy atom. The Kier molecular flexibility index (Phi) is 4.12. The summed E-state index contributed by atoms with van der Waals surface area (Å²) in [5, 5.41) is 16.9. The number of aromatic nitrogens is 2. The highest BCUT2D eigenvalue weighted by Crippen LogP contribution is 2.48. The number of hydrogen-bond acceptors (Lipinski definition) is 4. The third-order valence-electron chi connectivity index (χ3n) is 5.42. The minimum atomic E-state index is -0.112. The molecule has 6 nitrogen and oxygen atoms in total. The summed E-state index contributed by atoms with van der Waals surface area (Å²) < 4.78 is 7.40. The SMILES string of the molecule is Cc1nn(C)c(C)c1OCC(=O)NC1C2CCC(C2)C1CO. The first-order valence-electron chi connectivity index (χ1n) is 8.04. The zero-order valence-corrected chi connectivity index (χ0v) is 13.5. The molecule has 0 spiro atoms. The van der Waals surface area contributed by atoms with E-state index in [4.69, 9.17) is 4.74 Å². The molecule has 4 atom stereocenters. The second kappa shape index (κ2) is 5.91. The molecule has 4 unspecified atom stereocenters. The van der Waals surface area contributed by atoms with Crippen molar-refractivity contribution in [3.63, 3.8) is 0 Å². The number of ether oxygens (including phenoxy) is 1. The third-order valence-corrected chi connectivity index (χ3v) is 5.42. The van der Waals surface area contributed by atoms with Crippen molar-refractivity contribution in [3.05, 3.63) is 11.4 Å². The minimum absolute atomic E-state index is 0.000587. The molecular weight excluding hydrogens is 282 g/mol. The molecule has 2 bridgehead atoms. The van der Waals surface area contributed by atoms with Gasteiger partial charge in [0.15, 0.2) is 12.4 Å². The fourth-order valence-corrected chi connectivity index (χ4v) is 4.23. The summed E-state index contributed by atoms with van der Waals surface area (Å²) in [5.74, 6) is 1.88. The first-order chi connectivity index (χ1) is 10.5. The summed E-state index contributed by atoms with van der Waals surface area (Å²) in [5.41, 5.74) is 1.71. The van der Waals surface area contributed by atoms with Crippen molar-refractivity contribution in [1.82, 2.24) is 15.1 Å². The van der Waals surface area contributed by atoms with Gasteiger partial charge in [0.05, 0.1) is 5.69 Å². The van der Waals surface area contributed by atoms with E-state index >= 15 is 0 Å². The lowest BCUT2D eigenvalue weighted by molar-refractivity contribution is -0.124. The maximum Gasteiger partial charge on any atom is 0.258 e. The molecule has 2 aliphatic carbocycles. The Balaban J connectivity index is 1.57. The lowest BCUT2D eigenvalue weighted by Crippen LogP contribution is -2.46. The van der Waals surface area contributed by atoms with E-state index in [1.54, 1.807) is 4.68 Å². The second-order valence-electron chi connectivity index (χ2n) is 6.69. The number of aryl methyl sites for hydroxylation is 2. The van der Waals surface area contributed by atoms with Gasteiger partial charge in [0.25, 0.3) is 5.91 Å². The monoisotopic (exact) mass is 307 g/mol. The van der Waals surface area contributed by atoms with Gasteiger partial charge in [-0.1, -0.05) is 0 Å². The average Bonchev–Trinajstić information content (AvgIpc) is 3.13. The average molecular weight is 307 g/mol. The normalized spacial score (nSPS) is 29.8. The van der Waals surface area contributed by atoms with Gasteiger partial charge >= 0.3 is 0 Å². The highest BCUT2D eigenvalue weighted by Gasteiger charge is 2.47. The predicted octanol–water partition coefficient (Wildman–Crippen LogP) is 0.939. The van der Waals surface area contributed by atoms with Gasteiger partial charge in [0.1, 0.15) is 5.69 Å². The quantitative estimate of drug-likeness (QED) is 0.849.